The Hall–Kier alpha value is -2.51. The molecule has 3 rings (SSSR count). The van der Waals surface area contributed by atoms with Gasteiger partial charge in [0.1, 0.15) is 5.56 Å². The lowest BCUT2D eigenvalue weighted by Gasteiger charge is -2.13. The van der Waals surface area contributed by atoms with E-state index >= 15 is 0 Å². The summed E-state index contributed by atoms with van der Waals surface area (Å²) in [5, 5.41) is 15.4. The van der Waals surface area contributed by atoms with Crippen molar-refractivity contribution in [1.82, 2.24) is 20.6 Å². The van der Waals surface area contributed by atoms with E-state index in [1.807, 2.05) is 6.07 Å². The van der Waals surface area contributed by atoms with Crippen molar-refractivity contribution in [1.29, 1.82) is 0 Å². The van der Waals surface area contributed by atoms with Gasteiger partial charge in [-0.25, -0.2) is 0 Å². The van der Waals surface area contributed by atoms with Crippen LogP contribution in [0.3, 0.4) is 0 Å². The summed E-state index contributed by atoms with van der Waals surface area (Å²) >= 11 is 0. The Labute approximate surface area is 132 Å². The molecule has 1 aliphatic rings. The van der Waals surface area contributed by atoms with Crippen LogP contribution in [0.5, 0.6) is 0 Å². The van der Waals surface area contributed by atoms with E-state index in [9.17, 15) is 14.7 Å². The molecular weight excluding hydrogens is 296 g/mol. The van der Waals surface area contributed by atoms with Crippen LogP contribution in [0.25, 0.3) is 11.4 Å². The molecule has 2 atom stereocenters. The number of carbonyl (C=O) groups is 1. The van der Waals surface area contributed by atoms with Crippen molar-refractivity contribution in [3.63, 3.8) is 0 Å². The number of amides is 1. The number of aromatic nitrogens is 2. The molecule has 0 saturated carbocycles. The van der Waals surface area contributed by atoms with Crippen molar-refractivity contribution in [2.24, 2.45) is 5.92 Å². The second-order valence-electron chi connectivity index (χ2n) is 5.53. The number of hydrogen-bond acceptors (Lipinski definition) is 5. The Morgan fingerprint density at radius 2 is 2.17 bits per heavy atom. The lowest BCUT2D eigenvalue weighted by molar-refractivity contribution is 0.0925. The highest BCUT2D eigenvalue weighted by Gasteiger charge is 2.25. The van der Waals surface area contributed by atoms with Crippen molar-refractivity contribution in [2.45, 2.75) is 6.10 Å². The summed E-state index contributed by atoms with van der Waals surface area (Å²) in [6, 6.07) is 8.53. The van der Waals surface area contributed by atoms with Gasteiger partial charge in [-0.2, -0.15) is 0 Å². The molecule has 23 heavy (non-hydrogen) atoms. The lowest BCUT2D eigenvalue weighted by atomic mass is 10.1. The largest absolute Gasteiger partial charge is 0.391 e. The van der Waals surface area contributed by atoms with Crippen LogP contribution in [0.2, 0.25) is 0 Å². The van der Waals surface area contributed by atoms with Gasteiger partial charge < -0.3 is 20.7 Å². The average molecular weight is 314 g/mol. The van der Waals surface area contributed by atoms with E-state index in [0.29, 0.717) is 31.0 Å². The van der Waals surface area contributed by atoms with Crippen molar-refractivity contribution in [2.75, 3.05) is 19.6 Å². The Morgan fingerprint density at radius 1 is 1.30 bits per heavy atom. The van der Waals surface area contributed by atoms with Crippen molar-refractivity contribution < 1.29 is 9.90 Å². The van der Waals surface area contributed by atoms with Crippen LogP contribution in [0, 0.1) is 5.92 Å². The normalized spacial score (nSPS) is 20.4. The lowest BCUT2D eigenvalue weighted by Crippen LogP contribution is -2.36. The molecule has 2 unspecified atom stereocenters. The van der Waals surface area contributed by atoms with Gasteiger partial charge in [0.2, 0.25) is 0 Å². The maximum atomic E-state index is 12.1. The Kier molecular flexibility index (Phi) is 4.50. The van der Waals surface area contributed by atoms with Crippen LogP contribution in [0.4, 0.5) is 0 Å². The summed E-state index contributed by atoms with van der Waals surface area (Å²) < 4.78 is 0. The van der Waals surface area contributed by atoms with E-state index < -0.39 is 17.6 Å². The van der Waals surface area contributed by atoms with E-state index in [4.69, 9.17) is 0 Å². The molecule has 0 aromatic carbocycles. The predicted molar refractivity (Wildman–Crippen MR) is 85.0 cm³/mol. The van der Waals surface area contributed by atoms with Crippen molar-refractivity contribution in [3.8, 4) is 11.4 Å². The standard InChI is InChI=1S/C16H18N4O3/c21-14-9-17-7-10(14)8-19-15(22)11-4-5-13(20-16(11)23)12-3-1-2-6-18-12/h1-6,10,14,17,21H,7-9H2,(H,19,22)(H,20,23). The minimum absolute atomic E-state index is 0.0363. The number of carbonyl (C=O) groups excluding carboxylic acids is 1. The molecule has 2 aromatic rings. The molecule has 0 spiro atoms. The van der Waals surface area contributed by atoms with Crippen LogP contribution >= 0.6 is 0 Å². The monoisotopic (exact) mass is 314 g/mol. The van der Waals surface area contributed by atoms with E-state index in [1.54, 1.807) is 24.4 Å². The number of aromatic amines is 1. The van der Waals surface area contributed by atoms with E-state index in [0.717, 1.165) is 0 Å². The zero-order chi connectivity index (χ0) is 16.2. The van der Waals surface area contributed by atoms with Gasteiger partial charge in [-0.05, 0) is 24.3 Å². The SMILES string of the molecule is O=C(NCC1CNCC1O)c1ccc(-c2ccccn2)[nH]c1=O. The van der Waals surface area contributed by atoms with Gasteiger partial charge >= 0.3 is 0 Å². The minimum atomic E-state index is -0.472. The maximum Gasteiger partial charge on any atom is 0.261 e. The number of aliphatic hydroxyl groups excluding tert-OH is 1. The van der Waals surface area contributed by atoms with Gasteiger partial charge in [-0.1, -0.05) is 6.07 Å². The Bertz CT molecular complexity index is 744. The number of rotatable bonds is 4. The molecule has 0 bridgehead atoms. The highest BCUT2D eigenvalue weighted by Crippen LogP contribution is 2.12. The van der Waals surface area contributed by atoms with Crippen molar-refractivity contribution in [3.05, 3.63) is 52.4 Å². The Morgan fingerprint density at radius 3 is 2.83 bits per heavy atom. The minimum Gasteiger partial charge on any atom is -0.391 e. The number of pyridine rings is 2. The summed E-state index contributed by atoms with van der Waals surface area (Å²) in [4.78, 5) is 31.1. The van der Waals surface area contributed by atoms with Gasteiger partial charge in [0.25, 0.3) is 11.5 Å². The molecule has 1 fully saturated rings. The fourth-order valence-electron chi connectivity index (χ4n) is 2.57. The summed E-state index contributed by atoms with van der Waals surface area (Å²) in [7, 11) is 0. The van der Waals surface area contributed by atoms with E-state index in [2.05, 4.69) is 20.6 Å². The predicted octanol–water partition coefficient (Wildman–Crippen LogP) is -0.253. The van der Waals surface area contributed by atoms with Gasteiger partial charge in [0.15, 0.2) is 0 Å². The first-order chi connectivity index (χ1) is 11.1. The fraction of sp³-hybridized carbons (Fsp3) is 0.312. The zero-order valence-electron chi connectivity index (χ0n) is 12.5. The number of H-pyrrole nitrogens is 1. The van der Waals surface area contributed by atoms with E-state index in [-0.39, 0.29) is 11.5 Å². The quantitative estimate of drug-likeness (QED) is 0.622. The molecule has 120 valence electrons. The summed E-state index contributed by atoms with van der Waals surface area (Å²) in [5.41, 5.74) is 0.778. The summed E-state index contributed by atoms with van der Waals surface area (Å²) in [6.45, 7) is 1.50. The first kappa shape index (κ1) is 15.4. The van der Waals surface area contributed by atoms with Gasteiger partial charge in [0, 0.05) is 31.7 Å². The molecule has 7 heteroatoms. The smallest absolute Gasteiger partial charge is 0.261 e. The number of β-amino-alcohol motifs (C(OH)–C–C–N with tert-alkyl or cyclic N) is 1. The Balaban J connectivity index is 1.70. The van der Waals surface area contributed by atoms with Crippen LogP contribution in [0.15, 0.2) is 41.3 Å². The fourth-order valence-corrected chi connectivity index (χ4v) is 2.57. The first-order valence-electron chi connectivity index (χ1n) is 7.47. The third-order valence-electron chi connectivity index (χ3n) is 3.92. The molecule has 4 N–H and O–H groups in total. The van der Waals surface area contributed by atoms with E-state index in [1.165, 1.54) is 6.07 Å². The topological polar surface area (TPSA) is 107 Å². The molecule has 7 nitrogen and oxygen atoms in total. The number of hydrogen-bond donors (Lipinski definition) is 4. The van der Waals surface area contributed by atoms with Gasteiger partial charge in [-0.3, -0.25) is 14.6 Å². The molecule has 0 radical (unpaired) electrons. The molecule has 2 aromatic heterocycles. The number of aliphatic hydroxyl groups is 1. The van der Waals surface area contributed by atoms with Crippen LogP contribution in [0.1, 0.15) is 10.4 Å². The number of nitrogens with one attached hydrogen (secondary N) is 3. The van der Waals surface area contributed by atoms with Crippen LogP contribution in [-0.2, 0) is 0 Å². The number of nitrogens with zero attached hydrogens (tertiary/aromatic N) is 1. The molecule has 0 aliphatic carbocycles. The highest BCUT2D eigenvalue weighted by atomic mass is 16.3. The highest BCUT2D eigenvalue weighted by molar-refractivity contribution is 5.94. The maximum absolute atomic E-state index is 12.1. The third-order valence-corrected chi connectivity index (χ3v) is 3.92. The molecular formula is C16H18N4O3. The average Bonchev–Trinajstić information content (AvgIpc) is 2.98. The zero-order valence-corrected chi connectivity index (χ0v) is 12.5. The molecule has 3 heterocycles. The van der Waals surface area contributed by atoms with Gasteiger partial charge in [0.05, 0.1) is 17.5 Å². The second kappa shape index (κ2) is 6.72. The summed E-state index contributed by atoms with van der Waals surface area (Å²) in [5.74, 6) is -0.483. The molecule has 1 saturated heterocycles. The molecule has 1 amide bonds. The van der Waals surface area contributed by atoms with Crippen LogP contribution < -0.4 is 16.2 Å². The third kappa shape index (κ3) is 3.46. The van der Waals surface area contributed by atoms with Crippen molar-refractivity contribution >= 4 is 5.91 Å². The summed E-state index contributed by atoms with van der Waals surface area (Å²) in [6.07, 6.45) is 1.16. The van der Waals surface area contributed by atoms with Gasteiger partial charge in [-0.15, -0.1) is 0 Å². The molecule has 1 aliphatic heterocycles. The van der Waals surface area contributed by atoms with Crippen LogP contribution in [-0.4, -0.2) is 46.7 Å². The second-order valence-corrected chi connectivity index (χ2v) is 5.53. The first-order valence-corrected chi connectivity index (χ1v) is 7.47.